The van der Waals surface area contributed by atoms with Gasteiger partial charge in [0.1, 0.15) is 11.6 Å². The summed E-state index contributed by atoms with van der Waals surface area (Å²) in [5, 5.41) is -0.357. The summed E-state index contributed by atoms with van der Waals surface area (Å²) < 4.78 is 31.7. The second-order valence-electron chi connectivity index (χ2n) is 4.20. The summed E-state index contributed by atoms with van der Waals surface area (Å²) in [5.74, 6) is -1.84. The molecule has 0 aliphatic rings. The van der Waals surface area contributed by atoms with Crippen LogP contribution in [0.3, 0.4) is 0 Å². The minimum Gasteiger partial charge on any atom is -0.383 e. The Kier molecular flexibility index (Phi) is 6.18. The van der Waals surface area contributed by atoms with Crippen molar-refractivity contribution in [1.82, 2.24) is 4.90 Å². The molecule has 0 saturated heterocycles. The molecule has 0 aromatic heterocycles. The molecular weight excluding hydrogens is 276 g/mol. The first-order chi connectivity index (χ1) is 8.95. The molecule has 1 aromatic carbocycles. The van der Waals surface area contributed by atoms with Gasteiger partial charge in [0.25, 0.3) is 0 Å². The van der Waals surface area contributed by atoms with Crippen LogP contribution in [0.5, 0.6) is 0 Å². The van der Waals surface area contributed by atoms with Crippen LogP contribution in [-0.4, -0.2) is 43.5 Å². The van der Waals surface area contributed by atoms with Crippen molar-refractivity contribution in [3.8, 4) is 0 Å². The molecular formula is C13H16ClF2NO2. The minimum atomic E-state index is -0.721. The SMILES string of the molecule is COCC(Cl)CN(C)C(=O)Cc1c(F)cccc1F. The molecule has 1 atom stereocenters. The second kappa shape index (κ2) is 7.40. The fraction of sp³-hybridized carbons (Fsp3) is 0.462. The highest BCUT2D eigenvalue weighted by Crippen LogP contribution is 2.13. The Bertz CT molecular complexity index is 422. The van der Waals surface area contributed by atoms with Crippen molar-refractivity contribution < 1.29 is 18.3 Å². The Labute approximate surface area is 116 Å². The molecule has 1 amide bonds. The summed E-state index contributed by atoms with van der Waals surface area (Å²) in [7, 11) is 3.04. The number of likely N-dealkylation sites (N-methyl/N-ethyl adjacent to an activating group) is 1. The van der Waals surface area contributed by atoms with Crippen molar-refractivity contribution in [3.63, 3.8) is 0 Å². The topological polar surface area (TPSA) is 29.5 Å². The first-order valence-corrected chi connectivity index (χ1v) is 6.19. The van der Waals surface area contributed by atoms with Crippen molar-refractivity contribution in [3.05, 3.63) is 35.4 Å². The van der Waals surface area contributed by atoms with E-state index in [0.717, 1.165) is 12.1 Å². The number of alkyl halides is 1. The van der Waals surface area contributed by atoms with E-state index in [1.807, 2.05) is 0 Å². The monoisotopic (exact) mass is 291 g/mol. The van der Waals surface area contributed by atoms with Gasteiger partial charge in [-0.3, -0.25) is 4.79 Å². The lowest BCUT2D eigenvalue weighted by Crippen LogP contribution is -2.35. The largest absolute Gasteiger partial charge is 0.383 e. The molecule has 19 heavy (non-hydrogen) atoms. The maximum Gasteiger partial charge on any atom is 0.227 e. The number of benzene rings is 1. The number of hydrogen-bond acceptors (Lipinski definition) is 2. The number of carbonyl (C=O) groups excluding carboxylic acids is 1. The molecule has 0 aliphatic heterocycles. The average Bonchev–Trinajstić information content (AvgIpc) is 2.34. The predicted octanol–water partition coefficient (Wildman–Crippen LogP) is 2.22. The third kappa shape index (κ3) is 4.76. The van der Waals surface area contributed by atoms with Crippen LogP contribution in [0.1, 0.15) is 5.56 Å². The summed E-state index contributed by atoms with van der Waals surface area (Å²) in [4.78, 5) is 13.2. The van der Waals surface area contributed by atoms with E-state index in [9.17, 15) is 13.6 Å². The maximum absolute atomic E-state index is 13.4. The standard InChI is InChI=1S/C13H16ClF2NO2/c1-17(7-9(14)8-19-2)13(18)6-10-11(15)4-3-5-12(10)16/h3-5,9H,6-8H2,1-2H3. The number of rotatable bonds is 6. The number of methoxy groups -OCH3 is 1. The first-order valence-electron chi connectivity index (χ1n) is 5.75. The summed E-state index contributed by atoms with van der Waals surface area (Å²) >= 11 is 5.92. The highest BCUT2D eigenvalue weighted by molar-refractivity contribution is 6.21. The average molecular weight is 292 g/mol. The quantitative estimate of drug-likeness (QED) is 0.752. The Balaban J connectivity index is 2.64. The molecule has 0 spiro atoms. The van der Waals surface area contributed by atoms with Gasteiger partial charge in [-0.2, -0.15) is 0 Å². The highest BCUT2D eigenvalue weighted by atomic mass is 35.5. The Morgan fingerprint density at radius 1 is 1.42 bits per heavy atom. The van der Waals surface area contributed by atoms with E-state index in [1.165, 1.54) is 25.1 Å². The fourth-order valence-corrected chi connectivity index (χ4v) is 1.95. The molecule has 0 aliphatic carbocycles. The lowest BCUT2D eigenvalue weighted by molar-refractivity contribution is -0.129. The van der Waals surface area contributed by atoms with Gasteiger partial charge in [-0.15, -0.1) is 11.6 Å². The van der Waals surface area contributed by atoms with Gasteiger partial charge in [-0.05, 0) is 12.1 Å². The maximum atomic E-state index is 13.4. The van der Waals surface area contributed by atoms with E-state index >= 15 is 0 Å². The number of carbonyl (C=O) groups is 1. The summed E-state index contributed by atoms with van der Waals surface area (Å²) in [6, 6.07) is 3.51. The van der Waals surface area contributed by atoms with Crippen LogP contribution in [-0.2, 0) is 16.0 Å². The number of halogens is 3. The van der Waals surface area contributed by atoms with Gasteiger partial charge in [0.15, 0.2) is 0 Å². The first kappa shape index (κ1) is 15.9. The summed E-state index contributed by atoms with van der Waals surface area (Å²) in [6.45, 7) is 0.553. The van der Waals surface area contributed by atoms with Crippen LogP contribution in [0.2, 0.25) is 0 Å². The number of nitrogens with zero attached hydrogens (tertiary/aromatic N) is 1. The van der Waals surface area contributed by atoms with Crippen molar-refractivity contribution in [2.75, 3.05) is 27.3 Å². The zero-order valence-electron chi connectivity index (χ0n) is 10.8. The van der Waals surface area contributed by atoms with E-state index in [0.29, 0.717) is 6.61 Å². The lowest BCUT2D eigenvalue weighted by Gasteiger charge is -2.20. The van der Waals surface area contributed by atoms with Crippen molar-refractivity contribution in [1.29, 1.82) is 0 Å². The minimum absolute atomic E-state index is 0.225. The van der Waals surface area contributed by atoms with Gasteiger partial charge in [-0.25, -0.2) is 8.78 Å². The number of amides is 1. The van der Waals surface area contributed by atoms with Crippen LogP contribution >= 0.6 is 11.6 Å². The summed E-state index contributed by atoms with van der Waals surface area (Å²) in [6.07, 6.45) is -0.328. The van der Waals surface area contributed by atoms with Crippen LogP contribution in [0, 0.1) is 11.6 Å². The molecule has 0 bridgehead atoms. The Morgan fingerprint density at radius 2 is 2.00 bits per heavy atom. The van der Waals surface area contributed by atoms with Crippen molar-refractivity contribution in [2.24, 2.45) is 0 Å². The van der Waals surface area contributed by atoms with E-state index < -0.39 is 17.5 Å². The van der Waals surface area contributed by atoms with E-state index in [4.69, 9.17) is 16.3 Å². The van der Waals surface area contributed by atoms with Gasteiger partial charge in [0, 0.05) is 26.3 Å². The number of ether oxygens (including phenoxy) is 1. The molecule has 106 valence electrons. The molecule has 0 saturated carbocycles. The predicted molar refractivity (Wildman–Crippen MR) is 69.2 cm³/mol. The molecule has 1 unspecified atom stereocenters. The zero-order valence-corrected chi connectivity index (χ0v) is 11.6. The lowest BCUT2D eigenvalue weighted by atomic mass is 10.1. The molecule has 0 N–H and O–H groups in total. The molecule has 0 fully saturated rings. The molecule has 1 rings (SSSR count). The smallest absolute Gasteiger partial charge is 0.227 e. The number of hydrogen-bond donors (Lipinski definition) is 0. The van der Waals surface area contributed by atoms with Gasteiger partial charge in [0.2, 0.25) is 5.91 Å². The second-order valence-corrected chi connectivity index (χ2v) is 4.82. The van der Waals surface area contributed by atoms with Gasteiger partial charge in [0.05, 0.1) is 18.4 Å². The van der Waals surface area contributed by atoms with Crippen molar-refractivity contribution in [2.45, 2.75) is 11.8 Å². The van der Waals surface area contributed by atoms with Crippen LogP contribution < -0.4 is 0 Å². The third-order valence-corrected chi connectivity index (χ3v) is 2.90. The normalized spacial score (nSPS) is 12.3. The van der Waals surface area contributed by atoms with Crippen LogP contribution in [0.15, 0.2) is 18.2 Å². The third-order valence-electron chi connectivity index (χ3n) is 2.63. The van der Waals surface area contributed by atoms with E-state index in [-0.39, 0.29) is 23.9 Å². The van der Waals surface area contributed by atoms with Crippen LogP contribution in [0.25, 0.3) is 0 Å². The molecule has 0 radical (unpaired) electrons. The highest BCUT2D eigenvalue weighted by Gasteiger charge is 2.18. The Hall–Kier alpha value is -1.20. The molecule has 6 heteroatoms. The van der Waals surface area contributed by atoms with E-state index in [1.54, 1.807) is 0 Å². The van der Waals surface area contributed by atoms with Gasteiger partial charge in [-0.1, -0.05) is 6.07 Å². The van der Waals surface area contributed by atoms with Crippen LogP contribution in [0.4, 0.5) is 8.78 Å². The molecule has 3 nitrogen and oxygen atoms in total. The van der Waals surface area contributed by atoms with Gasteiger partial charge >= 0.3 is 0 Å². The van der Waals surface area contributed by atoms with Crippen molar-refractivity contribution >= 4 is 17.5 Å². The summed E-state index contributed by atoms with van der Waals surface area (Å²) in [5.41, 5.74) is -0.225. The zero-order chi connectivity index (χ0) is 14.4. The Morgan fingerprint density at radius 3 is 2.53 bits per heavy atom. The van der Waals surface area contributed by atoms with Gasteiger partial charge < -0.3 is 9.64 Å². The molecule has 0 heterocycles. The fourth-order valence-electron chi connectivity index (χ4n) is 1.62. The van der Waals surface area contributed by atoms with E-state index in [2.05, 4.69) is 0 Å². The molecule has 1 aromatic rings.